The van der Waals surface area contributed by atoms with Gasteiger partial charge in [0.15, 0.2) is 11.5 Å². The van der Waals surface area contributed by atoms with Crippen LogP contribution >= 0.6 is 0 Å². The molecule has 1 aliphatic heterocycles. The number of nitrogens with zero attached hydrogens (tertiary/aromatic N) is 6. The van der Waals surface area contributed by atoms with Crippen molar-refractivity contribution in [3.05, 3.63) is 53.3 Å². The number of likely N-dealkylation sites (N-methyl/N-ethyl adjacent to an activating group) is 1. The van der Waals surface area contributed by atoms with E-state index in [1.165, 1.54) is 19.2 Å². The Labute approximate surface area is 200 Å². The van der Waals surface area contributed by atoms with Gasteiger partial charge in [-0.2, -0.15) is 18.3 Å². The number of carbonyl (C=O) groups is 1. The minimum atomic E-state index is -4.86. The third-order valence-electron chi connectivity index (χ3n) is 5.98. The number of aryl methyl sites for hydroxylation is 1. The standard InChI is InChI=1S/C23H26F3N7O2/c1-4-31-9-11-32(12-10-31)16-5-6-18(15(2)13-16)28-22(34)17-14-27-33(21(17)23(24,25)26)19-7-8-20(35-3)30-29-19/h5-8,13-14H,4,9-12H2,1-3H3,(H,28,34). The Bertz CT molecular complexity index is 1190. The van der Waals surface area contributed by atoms with E-state index in [-0.39, 0.29) is 11.7 Å². The average molecular weight is 490 g/mol. The van der Waals surface area contributed by atoms with E-state index in [0.29, 0.717) is 10.4 Å². The lowest BCUT2D eigenvalue weighted by Gasteiger charge is -2.35. The Morgan fingerprint density at radius 1 is 1.11 bits per heavy atom. The van der Waals surface area contributed by atoms with E-state index in [2.05, 4.69) is 37.3 Å². The summed E-state index contributed by atoms with van der Waals surface area (Å²) in [4.78, 5) is 17.5. The number of alkyl halides is 3. The van der Waals surface area contributed by atoms with Gasteiger partial charge in [-0.1, -0.05) is 6.92 Å². The molecular weight excluding hydrogens is 463 g/mol. The summed E-state index contributed by atoms with van der Waals surface area (Å²) in [6.45, 7) is 8.67. The summed E-state index contributed by atoms with van der Waals surface area (Å²) in [6.07, 6.45) is -3.98. The first-order chi connectivity index (χ1) is 16.7. The maximum absolute atomic E-state index is 13.9. The maximum Gasteiger partial charge on any atom is 0.434 e. The summed E-state index contributed by atoms with van der Waals surface area (Å²) in [5.74, 6) is -0.975. The van der Waals surface area contributed by atoms with Crippen LogP contribution in [0.3, 0.4) is 0 Å². The summed E-state index contributed by atoms with van der Waals surface area (Å²) < 4.78 is 47.3. The summed E-state index contributed by atoms with van der Waals surface area (Å²) in [5.41, 5.74) is 0.330. The van der Waals surface area contributed by atoms with Crippen molar-refractivity contribution in [3.8, 4) is 11.7 Å². The first-order valence-corrected chi connectivity index (χ1v) is 11.1. The van der Waals surface area contributed by atoms with Crippen LogP contribution in [0, 0.1) is 6.92 Å². The second kappa shape index (κ2) is 9.90. The highest BCUT2D eigenvalue weighted by molar-refractivity contribution is 6.05. The van der Waals surface area contributed by atoms with Gasteiger partial charge in [0.05, 0.1) is 18.9 Å². The number of hydrogen-bond donors (Lipinski definition) is 1. The number of nitrogens with one attached hydrogen (secondary N) is 1. The molecule has 0 saturated carbocycles. The molecule has 0 bridgehead atoms. The lowest BCUT2D eigenvalue weighted by molar-refractivity contribution is -0.143. The summed E-state index contributed by atoms with van der Waals surface area (Å²) in [5, 5.41) is 13.8. The summed E-state index contributed by atoms with van der Waals surface area (Å²) in [6, 6.07) is 8.14. The van der Waals surface area contributed by atoms with Gasteiger partial charge in [0.2, 0.25) is 5.88 Å². The number of benzene rings is 1. The Kier molecular flexibility index (Phi) is 6.92. The van der Waals surface area contributed by atoms with Gasteiger partial charge in [0.25, 0.3) is 5.91 Å². The average Bonchev–Trinajstić information content (AvgIpc) is 3.32. The lowest BCUT2D eigenvalue weighted by atomic mass is 10.1. The second-order valence-corrected chi connectivity index (χ2v) is 8.12. The molecule has 1 fully saturated rings. The molecule has 4 rings (SSSR count). The van der Waals surface area contributed by atoms with Gasteiger partial charge in [-0.25, -0.2) is 4.68 Å². The van der Waals surface area contributed by atoms with Crippen LogP contribution in [0.2, 0.25) is 0 Å². The number of aromatic nitrogens is 4. The van der Waals surface area contributed by atoms with Crippen molar-refractivity contribution in [2.75, 3.05) is 50.1 Å². The number of rotatable bonds is 6. The Morgan fingerprint density at radius 3 is 2.43 bits per heavy atom. The van der Waals surface area contributed by atoms with Crippen LogP contribution in [0.1, 0.15) is 28.5 Å². The molecule has 0 atom stereocenters. The normalized spacial score (nSPS) is 14.7. The fourth-order valence-corrected chi connectivity index (χ4v) is 3.99. The van der Waals surface area contributed by atoms with E-state index in [4.69, 9.17) is 4.74 Å². The van der Waals surface area contributed by atoms with Crippen molar-refractivity contribution in [1.29, 1.82) is 0 Å². The molecule has 186 valence electrons. The number of methoxy groups -OCH3 is 1. The SMILES string of the molecule is CCN1CCN(c2ccc(NC(=O)c3cnn(-c4ccc(OC)nn4)c3C(F)(F)F)c(C)c2)CC1. The third kappa shape index (κ3) is 5.21. The molecule has 12 heteroatoms. The number of ether oxygens (including phenoxy) is 1. The highest BCUT2D eigenvalue weighted by atomic mass is 19.4. The highest BCUT2D eigenvalue weighted by Crippen LogP contribution is 2.34. The number of anilines is 2. The van der Waals surface area contributed by atoms with Gasteiger partial charge in [-0.15, -0.1) is 10.2 Å². The zero-order valence-electron chi connectivity index (χ0n) is 19.6. The topological polar surface area (TPSA) is 88.4 Å². The fourth-order valence-electron chi connectivity index (χ4n) is 3.99. The van der Waals surface area contributed by atoms with E-state index in [0.717, 1.165) is 50.2 Å². The Balaban J connectivity index is 1.56. The number of halogens is 3. The minimum Gasteiger partial charge on any atom is -0.480 e. The van der Waals surface area contributed by atoms with Crippen molar-refractivity contribution in [1.82, 2.24) is 24.9 Å². The molecule has 2 aromatic heterocycles. The van der Waals surface area contributed by atoms with Gasteiger partial charge in [0.1, 0.15) is 0 Å². The predicted molar refractivity (Wildman–Crippen MR) is 124 cm³/mol. The molecule has 9 nitrogen and oxygen atoms in total. The second-order valence-electron chi connectivity index (χ2n) is 8.12. The monoisotopic (exact) mass is 489 g/mol. The molecular formula is C23H26F3N7O2. The molecule has 35 heavy (non-hydrogen) atoms. The van der Waals surface area contributed by atoms with Crippen LogP contribution in [-0.2, 0) is 6.18 Å². The first-order valence-electron chi connectivity index (χ1n) is 11.1. The molecule has 0 spiro atoms. The van der Waals surface area contributed by atoms with Crippen LogP contribution in [0.5, 0.6) is 5.88 Å². The molecule has 1 aromatic carbocycles. The molecule has 0 aliphatic carbocycles. The Morgan fingerprint density at radius 2 is 1.86 bits per heavy atom. The van der Waals surface area contributed by atoms with Gasteiger partial charge >= 0.3 is 6.18 Å². The molecule has 3 aromatic rings. The first kappa shape index (κ1) is 24.5. The lowest BCUT2D eigenvalue weighted by Crippen LogP contribution is -2.46. The summed E-state index contributed by atoms with van der Waals surface area (Å²) in [7, 11) is 1.36. The Hall–Kier alpha value is -3.67. The van der Waals surface area contributed by atoms with E-state index in [1.807, 2.05) is 19.1 Å². The van der Waals surface area contributed by atoms with Crippen molar-refractivity contribution in [2.45, 2.75) is 20.0 Å². The predicted octanol–water partition coefficient (Wildman–Crippen LogP) is 3.39. The molecule has 1 N–H and O–H groups in total. The number of amides is 1. The van der Waals surface area contributed by atoms with Crippen molar-refractivity contribution < 1.29 is 22.7 Å². The highest BCUT2D eigenvalue weighted by Gasteiger charge is 2.41. The summed E-state index contributed by atoms with van der Waals surface area (Å²) >= 11 is 0. The van der Waals surface area contributed by atoms with E-state index >= 15 is 0 Å². The number of piperazine rings is 1. The van der Waals surface area contributed by atoms with E-state index in [9.17, 15) is 18.0 Å². The minimum absolute atomic E-state index is 0.138. The van der Waals surface area contributed by atoms with Gasteiger partial charge in [-0.3, -0.25) is 4.79 Å². The van der Waals surface area contributed by atoms with Crippen molar-refractivity contribution >= 4 is 17.3 Å². The largest absolute Gasteiger partial charge is 0.480 e. The molecule has 0 radical (unpaired) electrons. The van der Waals surface area contributed by atoms with Crippen LogP contribution in [0.15, 0.2) is 36.5 Å². The fraction of sp³-hybridized carbons (Fsp3) is 0.391. The van der Waals surface area contributed by atoms with Gasteiger partial charge in [-0.05, 0) is 43.3 Å². The van der Waals surface area contributed by atoms with Gasteiger partial charge in [0, 0.05) is 43.6 Å². The molecule has 0 unspecified atom stereocenters. The maximum atomic E-state index is 13.9. The molecule has 1 aliphatic rings. The number of hydrogen-bond acceptors (Lipinski definition) is 7. The van der Waals surface area contributed by atoms with Crippen LogP contribution in [0.25, 0.3) is 5.82 Å². The van der Waals surface area contributed by atoms with Gasteiger partial charge < -0.3 is 19.9 Å². The molecule has 1 saturated heterocycles. The van der Waals surface area contributed by atoms with Crippen LogP contribution in [0.4, 0.5) is 24.5 Å². The van der Waals surface area contributed by atoms with Crippen molar-refractivity contribution in [3.63, 3.8) is 0 Å². The van der Waals surface area contributed by atoms with Crippen LogP contribution in [-0.4, -0.2) is 70.6 Å². The quantitative estimate of drug-likeness (QED) is 0.568. The molecule has 1 amide bonds. The van der Waals surface area contributed by atoms with E-state index < -0.39 is 23.3 Å². The molecule has 3 heterocycles. The zero-order chi connectivity index (χ0) is 25.2. The smallest absolute Gasteiger partial charge is 0.434 e. The van der Waals surface area contributed by atoms with E-state index in [1.54, 1.807) is 6.07 Å². The zero-order valence-corrected chi connectivity index (χ0v) is 19.6. The third-order valence-corrected chi connectivity index (χ3v) is 5.98. The number of carbonyl (C=O) groups excluding carboxylic acids is 1. The van der Waals surface area contributed by atoms with Crippen molar-refractivity contribution in [2.24, 2.45) is 0 Å². The van der Waals surface area contributed by atoms with Crippen LogP contribution < -0.4 is 15.0 Å².